The van der Waals surface area contributed by atoms with Crippen LogP contribution in [0.1, 0.15) is 0 Å². The topological polar surface area (TPSA) is 121 Å². The van der Waals surface area contributed by atoms with E-state index in [0.29, 0.717) is 0 Å². The van der Waals surface area contributed by atoms with Crippen LogP contribution in [0.25, 0.3) is 0 Å². The molecule has 1 aromatic heterocycles. The lowest BCUT2D eigenvalue weighted by Gasteiger charge is -2.08. The first kappa shape index (κ1) is 13.3. The van der Waals surface area contributed by atoms with E-state index in [2.05, 4.69) is 14.7 Å². The minimum Gasteiger partial charge on any atom is -0.383 e. The van der Waals surface area contributed by atoms with E-state index in [1.807, 2.05) is 0 Å². The highest BCUT2D eigenvalue weighted by molar-refractivity contribution is 7.92. The van der Waals surface area contributed by atoms with E-state index in [1.54, 1.807) is 18.2 Å². The number of sulfonamides is 1. The third-order valence-electron chi connectivity index (χ3n) is 2.26. The van der Waals surface area contributed by atoms with E-state index in [4.69, 9.17) is 18.0 Å². The Morgan fingerprint density at radius 2 is 1.79 bits per heavy atom. The van der Waals surface area contributed by atoms with Gasteiger partial charge in [-0.2, -0.15) is 0 Å². The van der Waals surface area contributed by atoms with Gasteiger partial charge in [0.15, 0.2) is 10.5 Å². The number of hydrogen-bond donors (Lipinski definition) is 4. The van der Waals surface area contributed by atoms with Crippen LogP contribution in [0, 0.1) is 4.77 Å². The van der Waals surface area contributed by atoms with Crippen molar-refractivity contribution >= 4 is 33.7 Å². The molecule has 0 fully saturated rings. The fourth-order valence-corrected chi connectivity index (χ4v) is 2.71. The maximum atomic E-state index is 12.0. The molecule has 0 bridgehead atoms. The Bertz CT molecular complexity index is 809. The second-order valence-electron chi connectivity index (χ2n) is 3.62. The van der Waals surface area contributed by atoms with Crippen LogP contribution in [0.2, 0.25) is 0 Å². The molecule has 0 saturated carbocycles. The predicted molar refractivity (Wildman–Crippen MR) is 73.9 cm³/mol. The second-order valence-corrected chi connectivity index (χ2v) is 5.71. The van der Waals surface area contributed by atoms with E-state index in [-0.39, 0.29) is 21.2 Å². The summed E-state index contributed by atoms with van der Waals surface area (Å²) in [6.07, 6.45) is 0. The minimum absolute atomic E-state index is 0.0187. The molecule has 0 spiro atoms. The molecule has 1 heterocycles. The molecule has 0 aliphatic rings. The molecule has 7 nitrogen and oxygen atoms in total. The van der Waals surface area contributed by atoms with Crippen LogP contribution in [0.5, 0.6) is 0 Å². The average molecular weight is 298 g/mol. The van der Waals surface area contributed by atoms with Gasteiger partial charge in [-0.3, -0.25) is 14.5 Å². The number of rotatable bonds is 3. The maximum absolute atomic E-state index is 12.0. The van der Waals surface area contributed by atoms with Gasteiger partial charge in [-0.25, -0.2) is 8.42 Å². The van der Waals surface area contributed by atoms with Crippen LogP contribution < -0.4 is 16.0 Å². The zero-order chi connectivity index (χ0) is 14.0. The van der Waals surface area contributed by atoms with Crippen molar-refractivity contribution in [1.29, 1.82) is 0 Å². The van der Waals surface area contributed by atoms with E-state index < -0.39 is 15.6 Å². The van der Waals surface area contributed by atoms with Gasteiger partial charge in [-0.05, 0) is 24.4 Å². The van der Waals surface area contributed by atoms with Gasteiger partial charge in [0.05, 0.1) is 4.90 Å². The Morgan fingerprint density at radius 3 is 2.37 bits per heavy atom. The molecule has 0 unspecified atom stereocenters. The lowest BCUT2D eigenvalue weighted by molar-refractivity contribution is 0.601. The molecule has 0 aliphatic heterocycles. The summed E-state index contributed by atoms with van der Waals surface area (Å²) in [5.41, 5.74) is 4.54. The molecule has 2 rings (SSSR count). The molecule has 0 saturated heterocycles. The highest BCUT2D eigenvalue weighted by atomic mass is 32.2. The van der Waals surface area contributed by atoms with Crippen LogP contribution in [0.15, 0.2) is 40.0 Å². The Labute approximate surface area is 113 Å². The SMILES string of the molecule is Nc1[nH]c(=S)[nH]c(=O)c1NS(=O)(=O)c1ccccc1. The van der Waals surface area contributed by atoms with Gasteiger partial charge >= 0.3 is 0 Å². The third kappa shape index (κ3) is 2.83. The second kappa shape index (κ2) is 4.86. The lowest BCUT2D eigenvalue weighted by Crippen LogP contribution is -2.22. The van der Waals surface area contributed by atoms with Crippen molar-refractivity contribution in [3.05, 3.63) is 45.5 Å². The first-order valence-corrected chi connectivity index (χ1v) is 6.99. The fraction of sp³-hybridized carbons (Fsp3) is 0. The number of hydrogen-bond acceptors (Lipinski definition) is 5. The molecule has 1 aromatic carbocycles. The highest BCUT2D eigenvalue weighted by Crippen LogP contribution is 2.15. The zero-order valence-corrected chi connectivity index (χ0v) is 11.1. The van der Waals surface area contributed by atoms with Crippen molar-refractivity contribution in [1.82, 2.24) is 9.97 Å². The summed E-state index contributed by atoms with van der Waals surface area (Å²) < 4.78 is 26.2. The number of benzene rings is 1. The van der Waals surface area contributed by atoms with Crippen molar-refractivity contribution in [2.75, 3.05) is 10.5 Å². The number of nitrogen functional groups attached to an aromatic ring is 1. The first-order chi connectivity index (χ1) is 8.90. The number of aromatic nitrogens is 2. The van der Waals surface area contributed by atoms with Crippen molar-refractivity contribution in [3.63, 3.8) is 0 Å². The summed E-state index contributed by atoms with van der Waals surface area (Å²) in [5.74, 6) is -0.145. The summed E-state index contributed by atoms with van der Waals surface area (Å²) in [4.78, 5) is 16.4. The lowest BCUT2D eigenvalue weighted by atomic mass is 10.4. The maximum Gasteiger partial charge on any atom is 0.278 e. The molecule has 0 amide bonds. The monoisotopic (exact) mass is 298 g/mol. The van der Waals surface area contributed by atoms with Gasteiger partial charge in [0.25, 0.3) is 15.6 Å². The van der Waals surface area contributed by atoms with Crippen molar-refractivity contribution in [2.24, 2.45) is 0 Å². The average Bonchev–Trinajstić information content (AvgIpc) is 2.35. The van der Waals surface area contributed by atoms with E-state index in [1.165, 1.54) is 12.1 Å². The predicted octanol–water partition coefficient (Wildman–Crippen LogP) is 0.815. The van der Waals surface area contributed by atoms with Crippen molar-refractivity contribution in [2.45, 2.75) is 4.90 Å². The molecule has 9 heteroatoms. The summed E-state index contributed by atoms with van der Waals surface area (Å²) in [7, 11) is -3.88. The first-order valence-electron chi connectivity index (χ1n) is 5.10. The number of nitrogens with one attached hydrogen (secondary N) is 3. The smallest absolute Gasteiger partial charge is 0.278 e. The molecule has 100 valence electrons. The van der Waals surface area contributed by atoms with Gasteiger partial charge in [0.2, 0.25) is 0 Å². The summed E-state index contributed by atoms with van der Waals surface area (Å²) >= 11 is 4.71. The number of anilines is 2. The largest absolute Gasteiger partial charge is 0.383 e. The Kier molecular flexibility index (Phi) is 3.40. The Hall–Kier alpha value is -2.13. The molecule has 0 aliphatic carbocycles. The summed E-state index contributed by atoms with van der Waals surface area (Å²) in [6, 6.07) is 7.62. The number of aromatic amines is 2. The van der Waals surface area contributed by atoms with Gasteiger partial charge in [0, 0.05) is 0 Å². The Balaban J connectivity index is 2.48. The van der Waals surface area contributed by atoms with Crippen LogP contribution in [0.4, 0.5) is 11.5 Å². The highest BCUT2D eigenvalue weighted by Gasteiger charge is 2.17. The molecule has 2 aromatic rings. The van der Waals surface area contributed by atoms with E-state index in [9.17, 15) is 13.2 Å². The van der Waals surface area contributed by atoms with Gasteiger partial charge < -0.3 is 10.7 Å². The van der Waals surface area contributed by atoms with Gasteiger partial charge in [-0.1, -0.05) is 18.2 Å². The van der Waals surface area contributed by atoms with Crippen LogP contribution in [-0.4, -0.2) is 18.4 Å². The molecular formula is C10H10N4O3S2. The van der Waals surface area contributed by atoms with Crippen LogP contribution in [0.3, 0.4) is 0 Å². The molecule has 19 heavy (non-hydrogen) atoms. The number of H-pyrrole nitrogens is 2. The normalized spacial score (nSPS) is 11.2. The van der Waals surface area contributed by atoms with E-state index in [0.717, 1.165) is 0 Å². The fourth-order valence-electron chi connectivity index (χ4n) is 1.40. The minimum atomic E-state index is -3.88. The van der Waals surface area contributed by atoms with Gasteiger partial charge in [0.1, 0.15) is 5.82 Å². The standard InChI is InChI=1S/C10H10N4O3S2/c11-8-7(9(15)13-10(18)12-8)14-19(16,17)6-4-2-1-3-5-6/h1-5,14H,(H4,11,12,13,15,18). The van der Waals surface area contributed by atoms with Crippen LogP contribution in [-0.2, 0) is 10.0 Å². The van der Waals surface area contributed by atoms with E-state index >= 15 is 0 Å². The quantitative estimate of drug-likeness (QED) is 0.625. The molecule has 0 atom stereocenters. The summed E-state index contributed by atoms with van der Waals surface area (Å²) in [5, 5.41) is 0. The van der Waals surface area contributed by atoms with Crippen molar-refractivity contribution in [3.8, 4) is 0 Å². The molecular weight excluding hydrogens is 288 g/mol. The zero-order valence-electron chi connectivity index (χ0n) is 9.51. The van der Waals surface area contributed by atoms with Gasteiger partial charge in [-0.15, -0.1) is 0 Å². The third-order valence-corrected chi connectivity index (χ3v) is 3.83. The van der Waals surface area contributed by atoms with Crippen LogP contribution >= 0.6 is 12.2 Å². The Morgan fingerprint density at radius 1 is 1.16 bits per heavy atom. The van der Waals surface area contributed by atoms with Crippen molar-refractivity contribution < 1.29 is 8.42 Å². The summed E-state index contributed by atoms with van der Waals surface area (Å²) in [6.45, 7) is 0. The number of nitrogens with two attached hydrogens (primary N) is 1. The molecule has 5 N–H and O–H groups in total. The molecule has 0 radical (unpaired) electrons.